The summed E-state index contributed by atoms with van der Waals surface area (Å²) in [4.78, 5) is 3.64. The van der Waals surface area contributed by atoms with Crippen LogP contribution in [0.3, 0.4) is 0 Å². The Hall–Kier alpha value is -1.18. The van der Waals surface area contributed by atoms with Crippen molar-refractivity contribution in [1.82, 2.24) is 0 Å². The fourth-order valence-corrected chi connectivity index (χ4v) is 0.648. The third-order valence-electron chi connectivity index (χ3n) is 1.03. The Kier molecular flexibility index (Phi) is 1.81. The van der Waals surface area contributed by atoms with Crippen molar-refractivity contribution in [2.45, 2.75) is 0 Å². The maximum Gasteiger partial charge on any atom is 0.163 e. The number of hydrogen-bond donors (Lipinski definition) is 2. The topological polar surface area (TPSA) is 64.4 Å². The molecule has 0 fully saturated rings. The molecule has 0 aromatic rings. The molecule has 1 heterocycles. The number of halogens is 1. The average Bonchev–Trinajstić information content (AvgIpc) is 2.04. The van der Waals surface area contributed by atoms with Gasteiger partial charge in [-0.15, -0.1) is 0 Å². The molecule has 0 saturated carbocycles. The van der Waals surface area contributed by atoms with E-state index in [9.17, 15) is 0 Å². The molecule has 3 nitrogen and oxygen atoms in total. The molecule has 0 atom stereocenters. The molecule has 10 heavy (non-hydrogen) atoms. The van der Waals surface area contributed by atoms with Crippen LogP contribution in [-0.4, -0.2) is 5.87 Å². The van der Waals surface area contributed by atoms with E-state index >= 15 is 0 Å². The van der Waals surface area contributed by atoms with E-state index in [0.29, 0.717) is 11.4 Å². The molecule has 0 aromatic heterocycles. The van der Waals surface area contributed by atoms with Gasteiger partial charge in [-0.25, -0.2) is 0 Å². The Bertz CT molecular complexity index is 265. The fourth-order valence-electron chi connectivity index (χ4n) is 0.490. The van der Waals surface area contributed by atoms with Gasteiger partial charge in [0.15, 0.2) is 5.16 Å². The van der Waals surface area contributed by atoms with Crippen molar-refractivity contribution in [2.75, 3.05) is 0 Å². The second-order valence-corrected chi connectivity index (χ2v) is 2.09. The third-order valence-corrected chi connectivity index (χ3v) is 1.32. The van der Waals surface area contributed by atoms with E-state index in [4.69, 9.17) is 23.1 Å². The van der Waals surface area contributed by atoms with Crippen molar-refractivity contribution < 1.29 is 0 Å². The Balaban J connectivity index is 3.16. The normalized spacial score (nSPS) is 17.1. The first-order valence-corrected chi connectivity index (χ1v) is 3.00. The second-order valence-electron chi connectivity index (χ2n) is 1.73. The van der Waals surface area contributed by atoms with Crippen LogP contribution >= 0.6 is 11.6 Å². The SMILES string of the molecule is NC1=CC=C=NC(Cl)=C1N. The number of hydrogen-bond acceptors (Lipinski definition) is 3. The molecule has 4 N–H and O–H groups in total. The zero-order valence-electron chi connectivity index (χ0n) is 5.13. The molecule has 52 valence electrons. The molecule has 4 heteroatoms. The molecule has 1 rings (SSSR count). The summed E-state index contributed by atoms with van der Waals surface area (Å²) in [5, 5.41) is 0.183. The number of aliphatic imine (C=N–C) groups is 1. The summed E-state index contributed by atoms with van der Waals surface area (Å²) in [6.45, 7) is 0. The minimum absolute atomic E-state index is 0.183. The summed E-state index contributed by atoms with van der Waals surface area (Å²) in [6.07, 6.45) is 3.14. The second kappa shape index (κ2) is 2.60. The van der Waals surface area contributed by atoms with Gasteiger partial charge in [0.2, 0.25) is 0 Å². The lowest BCUT2D eigenvalue weighted by Gasteiger charge is -1.97. The van der Waals surface area contributed by atoms with E-state index in [-0.39, 0.29) is 5.16 Å². The maximum atomic E-state index is 5.55. The first kappa shape index (κ1) is 6.93. The van der Waals surface area contributed by atoms with Gasteiger partial charge in [-0.05, 0) is 11.9 Å². The number of nitrogens with zero attached hydrogens (tertiary/aromatic N) is 1. The van der Waals surface area contributed by atoms with Gasteiger partial charge in [-0.1, -0.05) is 11.6 Å². The van der Waals surface area contributed by atoms with Gasteiger partial charge >= 0.3 is 0 Å². The van der Waals surface area contributed by atoms with Crippen LogP contribution in [0, 0.1) is 0 Å². The van der Waals surface area contributed by atoms with Crippen molar-refractivity contribution in [3.05, 3.63) is 28.7 Å². The van der Waals surface area contributed by atoms with Crippen LogP contribution in [-0.2, 0) is 0 Å². The summed E-state index contributed by atoms with van der Waals surface area (Å²) in [5.41, 5.74) is 11.6. The average molecular weight is 156 g/mol. The highest BCUT2D eigenvalue weighted by Gasteiger charge is 2.01. The van der Waals surface area contributed by atoms with Gasteiger partial charge in [-0.2, -0.15) is 4.99 Å². The van der Waals surface area contributed by atoms with Gasteiger partial charge in [0, 0.05) is 6.08 Å². The molecule has 1 aliphatic heterocycles. The monoisotopic (exact) mass is 155 g/mol. The van der Waals surface area contributed by atoms with Crippen LogP contribution in [0.2, 0.25) is 0 Å². The van der Waals surface area contributed by atoms with Gasteiger partial charge in [0.05, 0.1) is 11.4 Å². The molecule has 0 spiro atoms. The molecule has 0 saturated heterocycles. The quantitative estimate of drug-likeness (QED) is 0.499. The molecule has 0 aromatic carbocycles. The van der Waals surface area contributed by atoms with Crippen molar-refractivity contribution in [3.8, 4) is 0 Å². The van der Waals surface area contributed by atoms with Gasteiger partial charge in [0.1, 0.15) is 0 Å². The predicted molar refractivity (Wildman–Crippen MR) is 41.3 cm³/mol. The van der Waals surface area contributed by atoms with E-state index in [0.717, 1.165) is 0 Å². The van der Waals surface area contributed by atoms with Crippen LogP contribution in [0.25, 0.3) is 0 Å². The molecule has 0 aliphatic carbocycles. The summed E-state index contributed by atoms with van der Waals surface area (Å²) in [5.74, 6) is 2.53. The maximum absolute atomic E-state index is 5.55. The molecular weight excluding hydrogens is 150 g/mol. The summed E-state index contributed by atoms with van der Waals surface area (Å²) in [6, 6.07) is 0. The van der Waals surface area contributed by atoms with Crippen molar-refractivity contribution in [3.63, 3.8) is 0 Å². The van der Waals surface area contributed by atoms with Crippen LogP contribution in [0.4, 0.5) is 0 Å². The van der Waals surface area contributed by atoms with Crippen molar-refractivity contribution in [2.24, 2.45) is 16.5 Å². The summed E-state index contributed by atoms with van der Waals surface area (Å²) < 4.78 is 0. The van der Waals surface area contributed by atoms with Gasteiger partial charge in [-0.3, -0.25) is 0 Å². The minimum atomic E-state index is 0.183. The van der Waals surface area contributed by atoms with E-state index in [1.165, 1.54) is 0 Å². The molecule has 1 aliphatic rings. The summed E-state index contributed by atoms with van der Waals surface area (Å²) >= 11 is 5.55. The zero-order valence-corrected chi connectivity index (χ0v) is 5.89. The standard InChI is InChI=1S/C6H6ClN3/c7-6-5(9)4(8)2-1-3-10-6/h1-2H,8-9H2. The van der Waals surface area contributed by atoms with E-state index in [2.05, 4.69) is 10.9 Å². The number of rotatable bonds is 0. The first-order valence-electron chi connectivity index (χ1n) is 2.62. The predicted octanol–water partition coefficient (Wildman–Crippen LogP) is 0.435. The lowest BCUT2D eigenvalue weighted by molar-refractivity contribution is 1.22. The Morgan fingerprint density at radius 3 is 2.90 bits per heavy atom. The Labute approximate surface area is 63.4 Å². The third kappa shape index (κ3) is 1.21. The minimum Gasteiger partial charge on any atom is -0.397 e. The highest BCUT2D eigenvalue weighted by molar-refractivity contribution is 6.30. The van der Waals surface area contributed by atoms with Gasteiger partial charge < -0.3 is 11.5 Å². The zero-order chi connectivity index (χ0) is 7.56. The molecule has 0 radical (unpaired) electrons. The lowest BCUT2D eigenvalue weighted by Crippen LogP contribution is -2.09. The van der Waals surface area contributed by atoms with Crippen LogP contribution in [0.5, 0.6) is 0 Å². The summed E-state index contributed by atoms with van der Waals surface area (Å²) in [7, 11) is 0. The molecule has 0 amide bonds. The van der Waals surface area contributed by atoms with Crippen LogP contribution in [0.1, 0.15) is 0 Å². The Morgan fingerprint density at radius 1 is 1.50 bits per heavy atom. The highest BCUT2D eigenvalue weighted by Crippen LogP contribution is 2.11. The van der Waals surface area contributed by atoms with Crippen LogP contribution < -0.4 is 11.5 Å². The molecular formula is C6H6ClN3. The Morgan fingerprint density at radius 2 is 2.20 bits per heavy atom. The van der Waals surface area contributed by atoms with E-state index in [1.807, 2.05) is 0 Å². The first-order chi connectivity index (χ1) is 4.72. The molecule has 0 unspecified atom stereocenters. The van der Waals surface area contributed by atoms with E-state index in [1.54, 1.807) is 12.2 Å². The van der Waals surface area contributed by atoms with Crippen molar-refractivity contribution in [1.29, 1.82) is 0 Å². The number of nitrogens with two attached hydrogens (primary N) is 2. The van der Waals surface area contributed by atoms with Crippen molar-refractivity contribution >= 4 is 17.5 Å². The highest BCUT2D eigenvalue weighted by atomic mass is 35.5. The smallest absolute Gasteiger partial charge is 0.163 e. The van der Waals surface area contributed by atoms with Gasteiger partial charge in [0.25, 0.3) is 0 Å². The number of allylic oxidation sites excluding steroid dienone is 2. The fraction of sp³-hybridized carbons (Fsp3) is 0. The van der Waals surface area contributed by atoms with Crippen LogP contribution in [0.15, 0.2) is 33.7 Å². The largest absolute Gasteiger partial charge is 0.397 e. The van der Waals surface area contributed by atoms with E-state index < -0.39 is 0 Å². The molecule has 0 bridgehead atoms. The lowest BCUT2D eigenvalue weighted by atomic mass is 10.3.